The van der Waals surface area contributed by atoms with E-state index in [1.807, 2.05) is 0 Å². The third-order valence-corrected chi connectivity index (χ3v) is 10.2. The first-order valence-electron chi connectivity index (χ1n) is 5.85. The molecule has 0 aromatic carbocycles. The first-order chi connectivity index (χ1) is 6.41. The first kappa shape index (κ1) is 14.0. The molecule has 0 fully saturated rings. The van der Waals surface area contributed by atoms with Crippen molar-refractivity contribution in [2.75, 3.05) is 6.66 Å². The molecule has 0 saturated carbocycles. The van der Waals surface area contributed by atoms with Gasteiger partial charge in [0, 0.05) is 0 Å². The van der Waals surface area contributed by atoms with E-state index in [2.05, 4.69) is 40.9 Å². The van der Waals surface area contributed by atoms with E-state index < -0.39 is 7.26 Å². The van der Waals surface area contributed by atoms with Gasteiger partial charge in [0.2, 0.25) is 0 Å². The van der Waals surface area contributed by atoms with E-state index in [-0.39, 0.29) is 0 Å². The average molecular weight is 217 g/mol. The quantitative estimate of drug-likeness (QED) is 0.673. The molecule has 2 heteroatoms. The zero-order chi connectivity index (χ0) is 11.4. The van der Waals surface area contributed by atoms with Gasteiger partial charge in [-0.05, 0) is 0 Å². The van der Waals surface area contributed by atoms with Gasteiger partial charge in [-0.1, -0.05) is 0 Å². The van der Waals surface area contributed by atoms with Crippen LogP contribution in [-0.4, -0.2) is 18.0 Å². The molecule has 86 valence electrons. The average Bonchev–Trinajstić information content (AvgIpc) is 2.15. The molecule has 0 bridgehead atoms. The normalized spacial score (nSPS) is 17.5. The Bertz CT molecular complexity index is 191. The van der Waals surface area contributed by atoms with Crippen LogP contribution in [0.25, 0.3) is 0 Å². The zero-order valence-corrected chi connectivity index (χ0v) is 11.6. The molecular formula is C12H28NP. The number of nitrogens with two attached hydrogens (primary N) is 1. The number of hydrogen-bond donors (Lipinski definition) is 1. The molecule has 2 N–H and O–H groups in total. The molecule has 0 amide bonds. The van der Waals surface area contributed by atoms with E-state index in [0.717, 1.165) is 16.8 Å². The predicted octanol–water partition coefficient (Wildman–Crippen LogP) is 3.78. The summed E-state index contributed by atoms with van der Waals surface area (Å²) in [5, 5.41) is 0. The predicted molar refractivity (Wildman–Crippen MR) is 71.7 cm³/mol. The van der Waals surface area contributed by atoms with Gasteiger partial charge in [-0.25, -0.2) is 0 Å². The molecule has 2 atom stereocenters. The monoisotopic (exact) mass is 217 g/mol. The molecule has 14 heavy (non-hydrogen) atoms. The summed E-state index contributed by atoms with van der Waals surface area (Å²) in [6, 6.07) is 0. The van der Waals surface area contributed by atoms with Crippen LogP contribution in [0.1, 0.15) is 47.0 Å². The summed E-state index contributed by atoms with van der Waals surface area (Å²) in [6.07, 6.45) is 3.78. The van der Waals surface area contributed by atoms with Crippen LogP contribution in [0.3, 0.4) is 0 Å². The molecule has 0 aromatic rings. The maximum absolute atomic E-state index is 6.05. The SMILES string of the molecule is C=C(N)[PH](C)(C(C)CC)C(C)CCC. The van der Waals surface area contributed by atoms with Crippen LogP contribution in [0, 0.1) is 0 Å². The molecule has 0 aliphatic heterocycles. The van der Waals surface area contributed by atoms with E-state index in [9.17, 15) is 0 Å². The Balaban J connectivity index is 4.79. The van der Waals surface area contributed by atoms with Gasteiger partial charge < -0.3 is 0 Å². The molecule has 0 radical (unpaired) electrons. The second-order valence-corrected chi connectivity index (χ2v) is 9.99. The van der Waals surface area contributed by atoms with Gasteiger partial charge in [-0.15, -0.1) is 0 Å². The van der Waals surface area contributed by atoms with Gasteiger partial charge >= 0.3 is 90.0 Å². The Morgan fingerprint density at radius 1 is 1.29 bits per heavy atom. The van der Waals surface area contributed by atoms with E-state index in [4.69, 9.17) is 5.73 Å². The van der Waals surface area contributed by atoms with Crippen molar-refractivity contribution in [1.82, 2.24) is 0 Å². The van der Waals surface area contributed by atoms with Crippen molar-refractivity contribution in [2.24, 2.45) is 5.73 Å². The Morgan fingerprint density at radius 2 is 1.79 bits per heavy atom. The standard InChI is InChI=1S/C12H28NP/c1-7-9-11(4)14(6,12(5)13)10(3)8-2/h10-11,14H,5,7-9,13H2,1-4,6H3. The number of hydrogen-bond acceptors (Lipinski definition) is 1. The van der Waals surface area contributed by atoms with Gasteiger partial charge in [-0.3, -0.25) is 0 Å². The van der Waals surface area contributed by atoms with E-state index in [1.54, 1.807) is 0 Å². The second-order valence-electron chi connectivity index (χ2n) is 4.81. The minimum atomic E-state index is -1.47. The van der Waals surface area contributed by atoms with Crippen molar-refractivity contribution in [3.63, 3.8) is 0 Å². The van der Waals surface area contributed by atoms with Gasteiger partial charge in [0.05, 0.1) is 0 Å². The molecule has 0 aliphatic rings. The third kappa shape index (κ3) is 2.73. The van der Waals surface area contributed by atoms with Crippen LogP contribution in [0.2, 0.25) is 0 Å². The van der Waals surface area contributed by atoms with Crippen LogP contribution in [0.5, 0.6) is 0 Å². The summed E-state index contributed by atoms with van der Waals surface area (Å²) < 4.78 is 0. The summed E-state index contributed by atoms with van der Waals surface area (Å²) in [5.74, 6) is 0. The van der Waals surface area contributed by atoms with Crippen LogP contribution < -0.4 is 5.73 Å². The van der Waals surface area contributed by atoms with Gasteiger partial charge in [0.1, 0.15) is 0 Å². The fraction of sp³-hybridized carbons (Fsp3) is 0.833. The summed E-state index contributed by atoms with van der Waals surface area (Å²) in [7, 11) is -1.47. The summed E-state index contributed by atoms with van der Waals surface area (Å²) in [6.45, 7) is 15.7. The molecule has 0 aromatic heterocycles. The number of rotatable bonds is 6. The van der Waals surface area contributed by atoms with Crippen molar-refractivity contribution < 1.29 is 0 Å². The van der Waals surface area contributed by atoms with E-state index >= 15 is 0 Å². The van der Waals surface area contributed by atoms with E-state index in [0.29, 0.717) is 0 Å². The maximum atomic E-state index is 6.05. The van der Waals surface area contributed by atoms with Crippen LogP contribution >= 0.6 is 7.26 Å². The molecule has 0 aliphatic carbocycles. The second kappa shape index (κ2) is 5.75. The molecule has 0 rings (SSSR count). The first-order valence-corrected chi connectivity index (χ1v) is 8.51. The summed E-state index contributed by atoms with van der Waals surface area (Å²) >= 11 is 0. The molecule has 0 saturated heterocycles. The Kier molecular flexibility index (Phi) is 5.74. The zero-order valence-electron chi connectivity index (χ0n) is 10.6. The van der Waals surface area contributed by atoms with Crippen LogP contribution in [0.4, 0.5) is 0 Å². The molecule has 0 heterocycles. The fourth-order valence-electron chi connectivity index (χ4n) is 2.28. The molecule has 1 nitrogen and oxygen atoms in total. The van der Waals surface area contributed by atoms with Gasteiger partial charge in [0.15, 0.2) is 0 Å². The Morgan fingerprint density at radius 3 is 2.07 bits per heavy atom. The van der Waals surface area contributed by atoms with Crippen molar-refractivity contribution in [3.8, 4) is 0 Å². The summed E-state index contributed by atoms with van der Waals surface area (Å²) in [4.78, 5) is 0. The molecular weight excluding hydrogens is 189 g/mol. The molecule has 2 unspecified atom stereocenters. The van der Waals surface area contributed by atoms with Crippen LogP contribution in [0.15, 0.2) is 12.0 Å². The van der Waals surface area contributed by atoms with E-state index in [1.165, 1.54) is 19.3 Å². The van der Waals surface area contributed by atoms with Crippen molar-refractivity contribution >= 4 is 7.26 Å². The topological polar surface area (TPSA) is 26.0 Å². The molecule has 0 spiro atoms. The third-order valence-electron chi connectivity index (χ3n) is 4.07. The van der Waals surface area contributed by atoms with Crippen LogP contribution in [-0.2, 0) is 0 Å². The Hall–Kier alpha value is -0.0300. The fourth-order valence-corrected chi connectivity index (χ4v) is 6.25. The van der Waals surface area contributed by atoms with Crippen molar-refractivity contribution in [3.05, 3.63) is 12.0 Å². The van der Waals surface area contributed by atoms with Crippen molar-refractivity contribution in [2.45, 2.75) is 58.3 Å². The van der Waals surface area contributed by atoms with Gasteiger partial charge in [0.25, 0.3) is 0 Å². The van der Waals surface area contributed by atoms with Crippen molar-refractivity contribution in [1.29, 1.82) is 0 Å². The Labute approximate surface area is 90.5 Å². The van der Waals surface area contributed by atoms with Gasteiger partial charge in [-0.2, -0.15) is 0 Å². The minimum absolute atomic E-state index is 0.751. The summed E-state index contributed by atoms with van der Waals surface area (Å²) in [5.41, 5.74) is 8.55.